The van der Waals surface area contributed by atoms with E-state index in [0.717, 1.165) is 16.6 Å². The predicted octanol–water partition coefficient (Wildman–Crippen LogP) is 5.93. The van der Waals surface area contributed by atoms with E-state index in [1.165, 1.54) is 10.9 Å². The number of nitrogens with one attached hydrogen (secondary N) is 1. The van der Waals surface area contributed by atoms with Gasteiger partial charge in [0.15, 0.2) is 0 Å². The number of anilines is 2. The van der Waals surface area contributed by atoms with E-state index in [9.17, 15) is 0 Å². The van der Waals surface area contributed by atoms with Crippen molar-refractivity contribution in [3.05, 3.63) is 72.3 Å². The summed E-state index contributed by atoms with van der Waals surface area (Å²) in [5, 5.41) is 9.61. The van der Waals surface area contributed by atoms with E-state index >= 15 is 0 Å². The third-order valence-corrected chi connectivity index (χ3v) is 4.46. The van der Waals surface area contributed by atoms with Gasteiger partial charge in [0.25, 0.3) is 11.8 Å². The van der Waals surface area contributed by atoms with Crippen LogP contribution in [-0.2, 0) is 5.41 Å². The molecule has 1 aromatic heterocycles. The second kappa shape index (κ2) is 6.30. The smallest absolute Gasteiger partial charge is 0.268 e. The van der Waals surface area contributed by atoms with E-state index in [1.54, 1.807) is 0 Å². The normalized spacial score (nSPS) is 11.7. The van der Waals surface area contributed by atoms with Crippen LogP contribution >= 0.6 is 0 Å². The van der Waals surface area contributed by atoms with Crippen molar-refractivity contribution in [2.75, 3.05) is 5.32 Å². The molecule has 0 spiro atoms. The minimum atomic E-state index is 0.119. The molecule has 0 saturated heterocycles. The lowest BCUT2D eigenvalue weighted by atomic mass is 9.87. The van der Waals surface area contributed by atoms with Gasteiger partial charge in [0.05, 0.1) is 0 Å². The standard InChI is InChI=1S/C22H21N3O/c1-22(2,3)17-13-11-16(12-14-17)20-24-21(25-26-20)23-19-10-6-8-15-7-4-5-9-18(15)19/h4-14H,1-3H3,(H,23,25). The van der Waals surface area contributed by atoms with Crippen molar-refractivity contribution in [3.63, 3.8) is 0 Å². The molecule has 0 fully saturated rings. The molecule has 0 aliphatic rings. The fraction of sp³-hybridized carbons (Fsp3) is 0.182. The molecule has 1 heterocycles. The maximum atomic E-state index is 5.44. The molecule has 0 amide bonds. The molecule has 0 aliphatic carbocycles. The molecule has 4 aromatic rings. The minimum absolute atomic E-state index is 0.119. The zero-order valence-corrected chi connectivity index (χ0v) is 15.2. The topological polar surface area (TPSA) is 51.0 Å². The summed E-state index contributed by atoms with van der Waals surface area (Å²) in [5.74, 6) is 0.962. The van der Waals surface area contributed by atoms with Gasteiger partial charge in [-0.2, -0.15) is 4.98 Å². The predicted molar refractivity (Wildman–Crippen MR) is 106 cm³/mol. The third-order valence-electron chi connectivity index (χ3n) is 4.46. The summed E-state index contributed by atoms with van der Waals surface area (Å²) in [5.41, 5.74) is 3.26. The largest absolute Gasteiger partial charge is 0.332 e. The van der Waals surface area contributed by atoms with E-state index in [2.05, 4.69) is 66.6 Å². The Balaban J connectivity index is 1.60. The highest BCUT2D eigenvalue weighted by atomic mass is 16.5. The summed E-state index contributed by atoms with van der Waals surface area (Å²) in [6.45, 7) is 6.59. The molecule has 4 nitrogen and oxygen atoms in total. The van der Waals surface area contributed by atoms with Crippen LogP contribution in [0.5, 0.6) is 0 Å². The molecule has 0 atom stereocenters. The summed E-state index contributed by atoms with van der Waals surface area (Å²) in [4.78, 5) is 4.49. The van der Waals surface area contributed by atoms with Crippen LogP contribution in [0, 0.1) is 0 Å². The monoisotopic (exact) mass is 343 g/mol. The second-order valence-electron chi connectivity index (χ2n) is 7.40. The van der Waals surface area contributed by atoms with Crippen LogP contribution in [0.3, 0.4) is 0 Å². The molecule has 0 radical (unpaired) electrons. The van der Waals surface area contributed by atoms with Gasteiger partial charge in [0.2, 0.25) is 0 Å². The number of aromatic nitrogens is 2. The van der Waals surface area contributed by atoms with E-state index < -0.39 is 0 Å². The van der Waals surface area contributed by atoms with Crippen molar-refractivity contribution in [1.29, 1.82) is 0 Å². The third kappa shape index (κ3) is 3.18. The first-order chi connectivity index (χ1) is 12.5. The van der Waals surface area contributed by atoms with Gasteiger partial charge >= 0.3 is 0 Å². The van der Waals surface area contributed by atoms with Gasteiger partial charge in [0, 0.05) is 16.6 Å². The molecule has 4 heteroatoms. The highest BCUT2D eigenvalue weighted by Gasteiger charge is 2.15. The van der Waals surface area contributed by atoms with Crippen molar-refractivity contribution >= 4 is 22.4 Å². The van der Waals surface area contributed by atoms with Gasteiger partial charge in [0.1, 0.15) is 0 Å². The molecule has 0 bridgehead atoms. The average Bonchev–Trinajstić information content (AvgIpc) is 3.10. The summed E-state index contributed by atoms with van der Waals surface area (Å²) in [6, 6.07) is 22.6. The molecular weight excluding hydrogens is 322 g/mol. The molecule has 0 aliphatic heterocycles. The maximum Gasteiger partial charge on any atom is 0.268 e. The fourth-order valence-corrected chi connectivity index (χ4v) is 2.96. The van der Waals surface area contributed by atoms with E-state index in [1.807, 2.05) is 36.4 Å². The first kappa shape index (κ1) is 16.3. The SMILES string of the molecule is CC(C)(C)c1ccc(-c2nc(Nc3cccc4ccccc34)no2)cc1. The second-order valence-corrected chi connectivity index (χ2v) is 7.40. The van der Waals surface area contributed by atoms with Crippen molar-refractivity contribution < 1.29 is 4.52 Å². The Morgan fingerprint density at radius 1 is 0.846 bits per heavy atom. The van der Waals surface area contributed by atoms with Crippen LogP contribution in [-0.4, -0.2) is 10.1 Å². The van der Waals surface area contributed by atoms with Gasteiger partial charge in [-0.25, -0.2) is 0 Å². The highest BCUT2D eigenvalue weighted by Crippen LogP contribution is 2.28. The van der Waals surface area contributed by atoms with Gasteiger partial charge < -0.3 is 9.84 Å². The van der Waals surface area contributed by atoms with Crippen LogP contribution in [0.25, 0.3) is 22.2 Å². The molecular formula is C22H21N3O. The Morgan fingerprint density at radius 3 is 2.35 bits per heavy atom. The molecule has 26 heavy (non-hydrogen) atoms. The van der Waals surface area contributed by atoms with Gasteiger partial charge in [-0.15, -0.1) is 0 Å². The van der Waals surface area contributed by atoms with Gasteiger partial charge in [-0.05, 0) is 39.7 Å². The fourth-order valence-electron chi connectivity index (χ4n) is 2.96. The maximum absolute atomic E-state index is 5.44. The lowest BCUT2D eigenvalue weighted by Crippen LogP contribution is -2.10. The molecule has 130 valence electrons. The Hall–Kier alpha value is -3.14. The first-order valence-electron chi connectivity index (χ1n) is 8.70. The van der Waals surface area contributed by atoms with Crippen LogP contribution in [0.1, 0.15) is 26.3 Å². The number of rotatable bonds is 3. The molecule has 1 N–H and O–H groups in total. The number of hydrogen-bond donors (Lipinski definition) is 1. The van der Waals surface area contributed by atoms with E-state index in [-0.39, 0.29) is 5.41 Å². The zero-order chi connectivity index (χ0) is 18.1. The molecule has 0 saturated carbocycles. The van der Waals surface area contributed by atoms with Crippen molar-refractivity contribution in [2.45, 2.75) is 26.2 Å². The van der Waals surface area contributed by atoms with Crippen LogP contribution in [0.2, 0.25) is 0 Å². The number of benzene rings is 3. The van der Waals surface area contributed by atoms with Crippen molar-refractivity contribution in [1.82, 2.24) is 10.1 Å². The summed E-state index contributed by atoms with van der Waals surface area (Å²) in [6.07, 6.45) is 0. The molecule has 3 aromatic carbocycles. The summed E-state index contributed by atoms with van der Waals surface area (Å²) >= 11 is 0. The Kier molecular flexibility index (Phi) is 3.96. The highest BCUT2D eigenvalue weighted by molar-refractivity contribution is 5.94. The summed E-state index contributed by atoms with van der Waals surface area (Å²) < 4.78 is 5.44. The lowest BCUT2D eigenvalue weighted by molar-refractivity contribution is 0.433. The van der Waals surface area contributed by atoms with Crippen molar-refractivity contribution in [3.8, 4) is 11.5 Å². The zero-order valence-electron chi connectivity index (χ0n) is 15.2. The number of nitrogens with zero attached hydrogens (tertiary/aromatic N) is 2. The van der Waals surface area contributed by atoms with Crippen LogP contribution in [0.4, 0.5) is 11.6 Å². The molecule has 4 rings (SSSR count). The van der Waals surface area contributed by atoms with Crippen LogP contribution in [0.15, 0.2) is 71.3 Å². The summed E-state index contributed by atoms with van der Waals surface area (Å²) in [7, 11) is 0. The Labute approximate surface area is 152 Å². The lowest BCUT2D eigenvalue weighted by Gasteiger charge is -2.18. The Bertz CT molecular complexity index is 1040. The number of hydrogen-bond acceptors (Lipinski definition) is 4. The quantitative estimate of drug-likeness (QED) is 0.501. The average molecular weight is 343 g/mol. The Morgan fingerprint density at radius 2 is 1.58 bits per heavy atom. The van der Waals surface area contributed by atoms with Crippen molar-refractivity contribution in [2.24, 2.45) is 0 Å². The van der Waals surface area contributed by atoms with E-state index in [4.69, 9.17) is 4.52 Å². The number of fused-ring (bicyclic) bond motifs is 1. The van der Waals surface area contributed by atoms with E-state index in [0.29, 0.717) is 11.8 Å². The molecule has 0 unspecified atom stereocenters. The first-order valence-corrected chi connectivity index (χ1v) is 8.70. The van der Waals surface area contributed by atoms with Gasteiger partial charge in [-0.1, -0.05) is 69.3 Å². The van der Waals surface area contributed by atoms with Gasteiger partial charge in [-0.3, -0.25) is 0 Å². The minimum Gasteiger partial charge on any atom is -0.332 e. The van der Waals surface area contributed by atoms with Crippen LogP contribution < -0.4 is 5.32 Å².